The predicted molar refractivity (Wildman–Crippen MR) is 91.7 cm³/mol. The van der Waals surface area contributed by atoms with Crippen molar-refractivity contribution >= 4 is 33.8 Å². The molecule has 1 N–H and O–H groups in total. The zero-order valence-corrected chi connectivity index (χ0v) is 13.7. The van der Waals surface area contributed by atoms with Crippen LogP contribution in [0.15, 0.2) is 42.5 Å². The largest absolute Gasteiger partial charge is 0.330 e. The monoisotopic (exact) mass is 332 g/mol. The second-order valence-electron chi connectivity index (χ2n) is 4.99. The molecule has 0 atom stereocenters. The van der Waals surface area contributed by atoms with E-state index >= 15 is 0 Å². The molecular formula is C17H14ClFN2S. The average molecular weight is 333 g/mol. The Hall–Kier alpha value is -1.91. The highest BCUT2D eigenvalue weighted by Crippen LogP contribution is 2.34. The molecule has 0 saturated carbocycles. The van der Waals surface area contributed by atoms with Crippen LogP contribution in [0.3, 0.4) is 0 Å². The Labute approximate surface area is 137 Å². The molecule has 2 nitrogen and oxygen atoms in total. The molecule has 0 saturated heterocycles. The normalized spacial score (nSPS) is 10.7. The highest BCUT2D eigenvalue weighted by atomic mass is 35.5. The number of benzene rings is 2. The average Bonchev–Trinajstić information content (AvgIpc) is 2.85. The molecule has 0 fully saturated rings. The Morgan fingerprint density at radius 2 is 1.91 bits per heavy atom. The molecular weight excluding hydrogens is 319 g/mol. The number of nitrogens with zero attached hydrogens (tertiary/aromatic N) is 1. The summed E-state index contributed by atoms with van der Waals surface area (Å²) < 4.78 is 13.4. The molecule has 0 bridgehead atoms. The Morgan fingerprint density at radius 1 is 1.14 bits per heavy atom. The minimum atomic E-state index is -0.203. The lowest BCUT2D eigenvalue weighted by atomic mass is 10.1. The van der Waals surface area contributed by atoms with Crippen LogP contribution >= 0.6 is 22.9 Å². The number of anilines is 2. The van der Waals surface area contributed by atoms with Gasteiger partial charge < -0.3 is 5.32 Å². The van der Waals surface area contributed by atoms with Crippen LogP contribution in [0.4, 0.5) is 15.2 Å². The molecule has 0 unspecified atom stereocenters. The van der Waals surface area contributed by atoms with Gasteiger partial charge in [-0.3, -0.25) is 0 Å². The van der Waals surface area contributed by atoms with Crippen molar-refractivity contribution in [1.29, 1.82) is 0 Å². The molecule has 5 heteroatoms. The quantitative estimate of drug-likeness (QED) is 0.639. The smallest absolute Gasteiger partial charge is 0.188 e. The standard InChI is InChI=1S/C17H14ClFN2S/c1-10-9-12(7-8-14(10)19)16-11(2)22-17(21-16)20-15-6-4-3-5-13(15)18/h3-9H,1-2H3,(H,20,21). The van der Waals surface area contributed by atoms with Crippen LogP contribution in [-0.2, 0) is 0 Å². The summed E-state index contributed by atoms with van der Waals surface area (Å²) in [4.78, 5) is 5.68. The molecule has 0 aliphatic heterocycles. The second-order valence-corrected chi connectivity index (χ2v) is 6.60. The van der Waals surface area contributed by atoms with Gasteiger partial charge in [-0.25, -0.2) is 9.37 Å². The van der Waals surface area contributed by atoms with Gasteiger partial charge in [0.15, 0.2) is 5.13 Å². The lowest BCUT2D eigenvalue weighted by Crippen LogP contribution is -1.90. The highest BCUT2D eigenvalue weighted by molar-refractivity contribution is 7.16. The van der Waals surface area contributed by atoms with Crippen LogP contribution < -0.4 is 5.32 Å². The highest BCUT2D eigenvalue weighted by Gasteiger charge is 2.12. The Bertz CT molecular complexity index is 829. The summed E-state index contributed by atoms with van der Waals surface area (Å²) in [6, 6.07) is 12.6. The number of hydrogen-bond acceptors (Lipinski definition) is 3. The van der Waals surface area contributed by atoms with Crippen LogP contribution in [0.25, 0.3) is 11.3 Å². The summed E-state index contributed by atoms with van der Waals surface area (Å²) in [6.07, 6.45) is 0. The van der Waals surface area contributed by atoms with Crippen LogP contribution in [0.1, 0.15) is 10.4 Å². The number of halogens is 2. The van der Waals surface area contributed by atoms with Gasteiger partial charge in [0, 0.05) is 10.4 Å². The van der Waals surface area contributed by atoms with E-state index < -0.39 is 0 Å². The summed E-state index contributed by atoms with van der Waals surface area (Å²) in [5.74, 6) is -0.203. The summed E-state index contributed by atoms with van der Waals surface area (Å²) in [5, 5.41) is 4.64. The van der Waals surface area contributed by atoms with Crippen molar-refractivity contribution in [1.82, 2.24) is 4.98 Å². The van der Waals surface area contributed by atoms with Gasteiger partial charge in [0.25, 0.3) is 0 Å². The summed E-state index contributed by atoms with van der Waals surface area (Å²) in [5.41, 5.74) is 3.22. The number of thiazole rings is 1. The second kappa shape index (κ2) is 6.07. The fourth-order valence-corrected chi connectivity index (χ4v) is 3.22. The summed E-state index contributed by atoms with van der Waals surface area (Å²) in [6.45, 7) is 3.76. The third-order valence-corrected chi connectivity index (χ3v) is 4.56. The summed E-state index contributed by atoms with van der Waals surface area (Å²) >= 11 is 7.70. The third kappa shape index (κ3) is 2.98. The van der Waals surface area contributed by atoms with Gasteiger partial charge in [-0.15, -0.1) is 11.3 Å². The first kappa shape index (κ1) is 15.0. The van der Waals surface area contributed by atoms with Crippen LogP contribution in [-0.4, -0.2) is 4.98 Å². The number of aryl methyl sites for hydroxylation is 2. The van der Waals surface area contributed by atoms with Crippen LogP contribution in [0, 0.1) is 19.7 Å². The van der Waals surface area contributed by atoms with Crippen molar-refractivity contribution < 1.29 is 4.39 Å². The molecule has 0 aliphatic carbocycles. The SMILES string of the molecule is Cc1cc(-c2nc(Nc3ccccc3Cl)sc2C)ccc1F. The third-order valence-electron chi connectivity index (χ3n) is 3.34. The van der Waals surface area contributed by atoms with E-state index in [-0.39, 0.29) is 5.82 Å². The van der Waals surface area contributed by atoms with Gasteiger partial charge >= 0.3 is 0 Å². The van der Waals surface area contributed by atoms with E-state index in [1.54, 1.807) is 24.3 Å². The van der Waals surface area contributed by atoms with Crippen molar-refractivity contribution in [3.05, 3.63) is 63.7 Å². The van der Waals surface area contributed by atoms with E-state index in [1.807, 2.05) is 37.3 Å². The number of hydrogen-bond donors (Lipinski definition) is 1. The van der Waals surface area contributed by atoms with E-state index in [2.05, 4.69) is 10.3 Å². The molecule has 0 radical (unpaired) electrons. The Balaban J connectivity index is 1.94. The maximum absolute atomic E-state index is 13.4. The molecule has 3 aromatic rings. The van der Waals surface area contributed by atoms with Gasteiger partial charge in [0.2, 0.25) is 0 Å². The molecule has 1 heterocycles. The fraction of sp³-hybridized carbons (Fsp3) is 0.118. The van der Waals surface area contributed by atoms with Gasteiger partial charge in [-0.2, -0.15) is 0 Å². The lowest BCUT2D eigenvalue weighted by Gasteiger charge is -2.04. The van der Waals surface area contributed by atoms with Crippen molar-refractivity contribution in [2.24, 2.45) is 0 Å². The van der Waals surface area contributed by atoms with Crippen LogP contribution in [0.2, 0.25) is 5.02 Å². The number of aromatic nitrogens is 1. The van der Waals surface area contributed by atoms with E-state index in [1.165, 1.54) is 6.07 Å². The van der Waals surface area contributed by atoms with Crippen molar-refractivity contribution in [2.45, 2.75) is 13.8 Å². The van der Waals surface area contributed by atoms with E-state index in [0.29, 0.717) is 10.6 Å². The molecule has 0 aliphatic rings. The zero-order chi connectivity index (χ0) is 15.7. The van der Waals surface area contributed by atoms with Crippen molar-refractivity contribution in [2.75, 3.05) is 5.32 Å². The first-order valence-electron chi connectivity index (χ1n) is 6.80. The molecule has 22 heavy (non-hydrogen) atoms. The molecule has 112 valence electrons. The topological polar surface area (TPSA) is 24.9 Å². The minimum absolute atomic E-state index is 0.203. The number of rotatable bonds is 3. The van der Waals surface area contributed by atoms with Gasteiger partial charge in [-0.05, 0) is 49.7 Å². The Morgan fingerprint density at radius 3 is 2.64 bits per heavy atom. The maximum Gasteiger partial charge on any atom is 0.188 e. The zero-order valence-electron chi connectivity index (χ0n) is 12.2. The van der Waals surface area contributed by atoms with Gasteiger partial charge in [0.1, 0.15) is 5.82 Å². The van der Waals surface area contributed by atoms with Crippen LogP contribution in [0.5, 0.6) is 0 Å². The van der Waals surface area contributed by atoms with E-state index in [4.69, 9.17) is 11.6 Å². The van der Waals surface area contributed by atoms with Crippen molar-refractivity contribution in [3.8, 4) is 11.3 Å². The lowest BCUT2D eigenvalue weighted by molar-refractivity contribution is 0.619. The molecule has 0 spiro atoms. The van der Waals surface area contributed by atoms with Crippen molar-refractivity contribution in [3.63, 3.8) is 0 Å². The summed E-state index contributed by atoms with van der Waals surface area (Å²) in [7, 11) is 0. The fourth-order valence-electron chi connectivity index (χ4n) is 2.19. The van der Waals surface area contributed by atoms with E-state index in [0.717, 1.165) is 27.0 Å². The molecule has 2 aromatic carbocycles. The van der Waals surface area contributed by atoms with Gasteiger partial charge in [0.05, 0.1) is 16.4 Å². The molecule has 3 rings (SSSR count). The van der Waals surface area contributed by atoms with E-state index in [9.17, 15) is 4.39 Å². The first-order chi connectivity index (χ1) is 10.5. The number of para-hydroxylation sites is 1. The minimum Gasteiger partial charge on any atom is -0.330 e. The van der Waals surface area contributed by atoms with Gasteiger partial charge in [-0.1, -0.05) is 23.7 Å². The Kier molecular flexibility index (Phi) is 4.14. The maximum atomic E-state index is 13.4. The molecule has 0 amide bonds. The first-order valence-corrected chi connectivity index (χ1v) is 7.99. The molecule has 1 aromatic heterocycles. The number of nitrogens with one attached hydrogen (secondary N) is 1. The predicted octanol–water partition coefficient (Wildman–Crippen LogP) is 5.96.